The lowest BCUT2D eigenvalue weighted by molar-refractivity contribution is 0.415. The van der Waals surface area contributed by atoms with Crippen molar-refractivity contribution in [2.45, 2.75) is 6.92 Å². The molecule has 0 saturated heterocycles. The van der Waals surface area contributed by atoms with Crippen LogP contribution in [0.3, 0.4) is 0 Å². The molecule has 0 unspecified atom stereocenters. The highest BCUT2D eigenvalue weighted by Crippen LogP contribution is 2.20. The molecule has 4 aromatic rings. The van der Waals surface area contributed by atoms with E-state index in [4.69, 9.17) is 9.15 Å². The van der Waals surface area contributed by atoms with E-state index in [0.717, 1.165) is 17.1 Å². The molecular weight excluding hydrogens is 326 g/mol. The van der Waals surface area contributed by atoms with Crippen molar-refractivity contribution in [3.8, 4) is 17.1 Å². The maximum absolute atomic E-state index is 12.5. The van der Waals surface area contributed by atoms with Crippen molar-refractivity contribution < 1.29 is 9.15 Å². The van der Waals surface area contributed by atoms with Crippen LogP contribution in [-0.4, -0.2) is 21.7 Å². The number of benzene rings is 1. The number of nitrogens with zero attached hydrogens (tertiary/aromatic N) is 3. The minimum Gasteiger partial charge on any atom is -0.497 e. The standard InChI is InChI=1S/C17H13N3O3S/c1-10-3-6-13(23-10)9-14-16(21)20-17(24-14)18-15(19-20)11-4-7-12(22-2)8-5-11/h3-9H,1-2H3. The maximum atomic E-state index is 12.5. The third kappa shape index (κ3) is 2.48. The first-order valence-electron chi connectivity index (χ1n) is 7.26. The van der Waals surface area contributed by atoms with Gasteiger partial charge in [0.05, 0.1) is 7.11 Å². The summed E-state index contributed by atoms with van der Waals surface area (Å²) in [6, 6.07) is 11.1. The molecule has 24 heavy (non-hydrogen) atoms. The largest absolute Gasteiger partial charge is 0.497 e. The van der Waals surface area contributed by atoms with Gasteiger partial charge in [0.15, 0.2) is 5.82 Å². The number of methoxy groups -OCH3 is 1. The van der Waals surface area contributed by atoms with E-state index in [0.29, 0.717) is 21.1 Å². The van der Waals surface area contributed by atoms with Gasteiger partial charge in [0.1, 0.15) is 21.8 Å². The lowest BCUT2D eigenvalue weighted by Gasteiger charge is -1.99. The summed E-state index contributed by atoms with van der Waals surface area (Å²) in [5.41, 5.74) is 0.634. The second-order valence-corrected chi connectivity index (χ2v) is 6.23. The fourth-order valence-corrected chi connectivity index (χ4v) is 3.24. The first-order chi connectivity index (χ1) is 11.6. The Kier molecular flexibility index (Phi) is 3.42. The highest BCUT2D eigenvalue weighted by Gasteiger charge is 2.12. The average molecular weight is 339 g/mol. The predicted octanol–water partition coefficient (Wildman–Crippen LogP) is 2.28. The molecule has 0 fully saturated rings. The molecule has 0 radical (unpaired) electrons. The first-order valence-corrected chi connectivity index (χ1v) is 8.08. The number of aromatic nitrogens is 3. The van der Waals surface area contributed by atoms with Gasteiger partial charge in [-0.05, 0) is 43.3 Å². The summed E-state index contributed by atoms with van der Waals surface area (Å²) in [7, 11) is 1.61. The van der Waals surface area contributed by atoms with Gasteiger partial charge in [0, 0.05) is 11.6 Å². The lowest BCUT2D eigenvalue weighted by atomic mass is 10.2. The van der Waals surface area contributed by atoms with Gasteiger partial charge in [-0.3, -0.25) is 4.79 Å². The Balaban J connectivity index is 1.77. The predicted molar refractivity (Wildman–Crippen MR) is 91.4 cm³/mol. The Morgan fingerprint density at radius 3 is 2.62 bits per heavy atom. The number of furan rings is 1. The smallest absolute Gasteiger partial charge is 0.291 e. The van der Waals surface area contributed by atoms with Crippen molar-refractivity contribution in [2.75, 3.05) is 7.11 Å². The van der Waals surface area contributed by atoms with Crippen LogP contribution in [0, 0.1) is 6.92 Å². The molecule has 0 atom stereocenters. The van der Waals surface area contributed by atoms with Gasteiger partial charge in [0.2, 0.25) is 4.96 Å². The fourth-order valence-electron chi connectivity index (χ4n) is 2.36. The van der Waals surface area contributed by atoms with Crippen molar-refractivity contribution in [2.24, 2.45) is 0 Å². The van der Waals surface area contributed by atoms with E-state index in [1.54, 1.807) is 13.2 Å². The number of ether oxygens (including phenoxy) is 1. The summed E-state index contributed by atoms with van der Waals surface area (Å²) >= 11 is 1.29. The van der Waals surface area contributed by atoms with Crippen molar-refractivity contribution in [1.29, 1.82) is 0 Å². The summed E-state index contributed by atoms with van der Waals surface area (Å²) in [4.78, 5) is 17.5. The molecule has 1 aromatic carbocycles. The van der Waals surface area contributed by atoms with Crippen LogP contribution in [0.1, 0.15) is 11.5 Å². The number of aryl methyl sites for hydroxylation is 1. The van der Waals surface area contributed by atoms with Gasteiger partial charge in [-0.1, -0.05) is 11.3 Å². The average Bonchev–Trinajstić information content (AvgIpc) is 3.26. The monoisotopic (exact) mass is 339 g/mol. The molecule has 3 aromatic heterocycles. The molecule has 0 aliphatic carbocycles. The van der Waals surface area contributed by atoms with Gasteiger partial charge in [-0.2, -0.15) is 9.50 Å². The van der Waals surface area contributed by atoms with Gasteiger partial charge < -0.3 is 9.15 Å². The quantitative estimate of drug-likeness (QED) is 0.573. The van der Waals surface area contributed by atoms with E-state index in [-0.39, 0.29) is 5.56 Å². The van der Waals surface area contributed by atoms with E-state index in [2.05, 4.69) is 10.1 Å². The van der Waals surface area contributed by atoms with E-state index in [1.165, 1.54) is 15.9 Å². The van der Waals surface area contributed by atoms with Gasteiger partial charge in [-0.25, -0.2) is 0 Å². The second kappa shape index (κ2) is 5.61. The van der Waals surface area contributed by atoms with Crippen LogP contribution in [0.5, 0.6) is 5.75 Å². The molecule has 0 N–H and O–H groups in total. The van der Waals surface area contributed by atoms with Crippen LogP contribution >= 0.6 is 11.3 Å². The van der Waals surface area contributed by atoms with Crippen molar-refractivity contribution >= 4 is 22.4 Å². The zero-order valence-corrected chi connectivity index (χ0v) is 13.8. The van der Waals surface area contributed by atoms with Crippen LogP contribution in [-0.2, 0) is 0 Å². The van der Waals surface area contributed by atoms with Gasteiger partial charge >= 0.3 is 0 Å². The summed E-state index contributed by atoms with van der Waals surface area (Å²) in [5, 5.41) is 4.32. The molecule has 3 heterocycles. The number of fused-ring (bicyclic) bond motifs is 1. The van der Waals surface area contributed by atoms with Gasteiger partial charge in [0.25, 0.3) is 5.56 Å². The molecule has 0 aliphatic heterocycles. The number of hydrogen-bond donors (Lipinski definition) is 0. The third-order valence-corrected chi connectivity index (χ3v) is 4.52. The molecular formula is C17H13N3O3S. The zero-order valence-electron chi connectivity index (χ0n) is 13.0. The second-order valence-electron chi connectivity index (χ2n) is 5.22. The molecule has 0 saturated carbocycles. The first kappa shape index (κ1) is 14.6. The molecule has 6 nitrogen and oxygen atoms in total. The molecule has 4 rings (SSSR count). The fraction of sp³-hybridized carbons (Fsp3) is 0.118. The Labute approximate surface area is 140 Å². The van der Waals surface area contributed by atoms with Gasteiger partial charge in [-0.15, -0.1) is 5.10 Å². The summed E-state index contributed by atoms with van der Waals surface area (Å²) in [6.07, 6.45) is 1.71. The Morgan fingerprint density at radius 2 is 2.00 bits per heavy atom. The van der Waals surface area contributed by atoms with Crippen molar-refractivity contribution in [3.63, 3.8) is 0 Å². The lowest BCUT2D eigenvalue weighted by Crippen LogP contribution is -2.23. The summed E-state index contributed by atoms with van der Waals surface area (Å²) < 4.78 is 12.5. The topological polar surface area (TPSA) is 69.6 Å². The summed E-state index contributed by atoms with van der Waals surface area (Å²) in [6.45, 7) is 1.86. The van der Waals surface area contributed by atoms with Crippen LogP contribution in [0.25, 0.3) is 22.4 Å². The van der Waals surface area contributed by atoms with E-state index in [1.807, 2.05) is 43.3 Å². The van der Waals surface area contributed by atoms with Crippen LogP contribution in [0.4, 0.5) is 0 Å². The highest BCUT2D eigenvalue weighted by molar-refractivity contribution is 7.15. The molecule has 7 heteroatoms. The van der Waals surface area contributed by atoms with E-state index < -0.39 is 0 Å². The van der Waals surface area contributed by atoms with Crippen LogP contribution in [0.2, 0.25) is 0 Å². The Bertz CT molecular complexity index is 1120. The Hall–Kier alpha value is -2.93. The molecule has 0 bridgehead atoms. The van der Waals surface area contributed by atoms with Crippen LogP contribution < -0.4 is 14.8 Å². The molecule has 0 aliphatic rings. The Morgan fingerprint density at radius 1 is 1.21 bits per heavy atom. The number of rotatable bonds is 3. The third-order valence-electron chi connectivity index (χ3n) is 3.56. The summed E-state index contributed by atoms with van der Waals surface area (Å²) in [5.74, 6) is 2.72. The SMILES string of the molecule is COc1ccc(-c2nc3sc(=Cc4ccc(C)o4)c(=O)n3n2)cc1. The number of hydrogen-bond acceptors (Lipinski definition) is 6. The zero-order chi connectivity index (χ0) is 16.7. The molecule has 0 spiro atoms. The maximum Gasteiger partial charge on any atom is 0.291 e. The highest BCUT2D eigenvalue weighted by atomic mass is 32.1. The molecule has 120 valence electrons. The minimum absolute atomic E-state index is 0.198. The normalized spacial score (nSPS) is 12.2. The minimum atomic E-state index is -0.198. The van der Waals surface area contributed by atoms with E-state index in [9.17, 15) is 4.79 Å². The van der Waals surface area contributed by atoms with E-state index >= 15 is 0 Å². The van der Waals surface area contributed by atoms with Crippen LogP contribution in [0.15, 0.2) is 45.6 Å². The molecule has 0 amide bonds. The number of thiazole rings is 1. The van der Waals surface area contributed by atoms with Crippen molar-refractivity contribution in [1.82, 2.24) is 14.6 Å². The van der Waals surface area contributed by atoms with Crippen molar-refractivity contribution in [3.05, 3.63) is 62.8 Å².